The van der Waals surface area contributed by atoms with Gasteiger partial charge in [0.05, 0.1) is 35.7 Å². The molecule has 0 amide bonds. The van der Waals surface area contributed by atoms with Crippen molar-refractivity contribution in [1.82, 2.24) is 40.2 Å². The molecule has 13 nitrogen and oxygen atoms in total. The third kappa shape index (κ3) is 6.10. The molecule has 0 unspecified atom stereocenters. The van der Waals surface area contributed by atoms with Crippen LogP contribution in [-0.2, 0) is 23.1 Å². The largest absolute Gasteiger partial charge is 0.489 e. The van der Waals surface area contributed by atoms with Crippen LogP contribution in [0.2, 0.25) is 0 Å². The fourth-order valence-corrected chi connectivity index (χ4v) is 4.07. The monoisotopic (exact) mass is 486 g/mol. The van der Waals surface area contributed by atoms with E-state index in [0.29, 0.717) is 48.9 Å². The number of methoxy groups -OCH3 is 1. The van der Waals surface area contributed by atoms with Crippen molar-refractivity contribution < 1.29 is 24.1 Å². The second kappa shape index (κ2) is 11.2. The number of hydrogen-bond donors (Lipinski definition) is 1. The average Bonchev–Trinajstić information content (AvgIpc) is 3.45. The van der Waals surface area contributed by atoms with E-state index >= 15 is 0 Å². The first-order chi connectivity index (χ1) is 16.9. The maximum Gasteiger partial charge on any atom is 0.356 e. The van der Waals surface area contributed by atoms with Gasteiger partial charge in [-0.15, -0.1) is 5.10 Å². The minimum atomic E-state index is -0.759. The Morgan fingerprint density at radius 2 is 2.06 bits per heavy atom. The van der Waals surface area contributed by atoms with Gasteiger partial charge in [-0.2, -0.15) is 4.80 Å². The number of carboxylic acid groups (broad SMARTS) is 1. The number of nitrogens with zero attached hydrogens (tertiary/aromatic N) is 8. The van der Waals surface area contributed by atoms with Gasteiger partial charge in [0.25, 0.3) is 0 Å². The summed E-state index contributed by atoms with van der Waals surface area (Å²) in [6.45, 7) is 3.18. The van der Waals surface area contributed by atoms with Gasteiger partial charge >= 0.3 is 12.0 Å². The van der Waals surface area contributed by atoms with Crippen LogP contribution < -0.4 is 9.47 Å². The van der Waals surface area contributed by atoms with Crippen molar-refractivity contribution in [1.29, 1.82) is 0 Å². The summed E-state index contributed by atoms with van der Waals surface area (Å²) in [6.07, 6.45) is 3.48. The summed E-state index contributed by atoms with van der Waals surface area (Å²) < 4.78 is 18.2. The topological polar surface area (TPSA) is 152 Å². The quantitative estimate of drug-likeness (QED) is 0.394. The lowest BCUT2D eigenvalue weighted by Gasteiger charge is -2.27. The molecule has 3 aromatic rings. The highest BCUT2D eigenvalue weighted by atomic mass is 16.5. The lowest BCUT2D eigenvalue weighted by molar-refractivity contribution is -0.143. The van der Waals surface area contributed by atoms with Gasteiger partial charge in [-0.05, 0) is 50.0 Å². The summed E-state index contributed by atoms with van der Waals surface area (Å²) in [5, 5.41) is 30.0. The zero-order chi connectivity index (χ0) is 24.8. The van der Waals surface area contributed by atoms with Crippen LogP contribution in [0.3, 0.4) is 0 Å². The van der Waals surface area contributed by atoms with E-state index in [-0.39, 0.29) is 24.6 Å². The lowest BCUT2D eigenvalue weighted by atomic mass is 9.87. The molecule has 0 bridgehead atoms. The molecule has 188 valence electrons. The summed E-state index contributed by atoms with van der Waals surface area (Å²) >= 11 is 0. The number of aliphatic carboxylic acids is 1. The van der Waals surface area contributed by atoms with Crippen molar-refractivity contribution in [2.75, 3.05) is 20.3 Å². The lowest BCUT2D eigenvalue weighted by Crippen LogP contribution is -2.29. The molecule has 1 saturated carbocycles. The Labute approximate surface area is 202 Å². The molecule has 4 rings (SSSR count). The van der Waals surface area contributed by atoms with E-state index in [0.717, 1.165) is 25.0 Å². The molecule has 1 aliphatic rings. The Morgan fingerprint density at radius 3 is 2.83 bits per heavy atom. The van der Waals surface area contributed by atoms with Crippen LogP contribution in [0.5, 0.6) is 11.8 Å². The van der Waals surface area contributed by atoms with Gasteiger partial charge in [0, 0.05) is 27.2 Å². The zero-order valence-electron chi connectivity index (χ0n) is 20.1. The van der Waals surface area contributed by atoms with Gasteiger partial charge in [0.1, 0.15) is 18.0 Å². The predicted octanol–water partition coefficient (Wildman–Crippen LogP) is 1.66. The molecule has 13 heteroatoms. The second-order valence-electron chi connectivity index (χ2n) is 8.53. The summed E-state index contributed by atoms with van der Waals surface area (Å²) in [5.41, 5.74) is 2.69. The summed E-state index contributed by atoms with van der Waals surface area (Å²) in [6, 6.07) is 3.87. The number of tetrazole rings is 1. The van der Waals surface area contributed by atoms with Crippen molar-refractivity contribution >= 4 is 5.97 Å². The smallest absolute Gasteiger partial charge is 0.356 e. The average molecular weight is 487 g/mol. The van der Waals surface area contributed by atoms with E-state index in [2.05, 4.69) is 30.7 Å². The molecular formula is C22H30N8O5. The number of pyridine rings is 1. The summed E-state index contributed by atoms with van der Waals surface area (Å²) in [4.78, 5) is 17.4. The van der Waals surface area contributed by atoms with Crippen molar-refractivity contribution in [2.24, 2.45) is 13.0 Å². The minimum absolute atomic E-state index is 0.132. The molecule has 0 saturated heterocycles. The molecule has 0 spiro atoms. The fraction of sp³-hybridized carbons (Fsp3) is 0.591. The maximum absolute atomic E-state index is 11.3. The number of aryl methyl sites for hydroxylation is 2. The summed E-state index contributed by atoms with van der Waals surface area (Å²) in [5.74, 6) is -0.473. The summed E-state index contributed by atoms with van der Waals surface area (Å²) in [7, 11) is 3.43. The molecule has 0 aliphatic heterocycles. The van der Waals surface area contributed by atoms with Crippen molar-refractivity contribution in [3.8, 4) is 23.1 Å². The van der Waals surface area contributed by atoms with Crippen molar-refractivity contribution in [3.05, 3.63) is 23.5 Å². The number of aromatic nitrogens is 8. The predicted molar refractivity (Wildman–Crippen MR) is 122 cm³/mol. The van der Waals surface area contributed by atoms with Crippen LogP contribution in [0.4, 0.5) is 0 Å². The Kier molecular flexibility index (Phi) is 7.85. The SMILES string of the molecule is COCCCOc1nnn(Cc2c(-c3ccc(O[C@H]4CCC[C@H](C(=O)O)C4)c(C)n3)nnn2C)n1. The molecule has 35 heavy (non-hydrogen) atoms. The van der Waals surface area contributed by atoms with E-state index in [1.807, 2.05) is 19.1 Å². The molecule has 1 N–H and O–H groups in total. The second-order valence-corrected chi connectivity index (χ2v) is 8.53. The Hall–Kier alpha value is -3.61. The van der Waals surface area contributed by atoms with Gasteiger partial charge in [-0.3, -0.25) is 4.79 Å². The number of ether oxygens (including phenoxy) is 3. The van der Waals surface area contributed by atoms with Crippen LogP contribution >= 0.6 is 0 Å². The Balaban J connectivity index is 1.44. The molecule has 3 aromatic heterocycles. The number of hydrogen-bond acceptors (Lipinski definition) is 10. The highest BCUT2D eigenvalue weighted by Crippen LogP contribution is 2.30. The molecule has 3 heterocycles. The number of carbonyl (C=O) groups is 1. The first-order valence-electron chi connectivity index (χ1n) is 11.6. The maximum atomic E-state index is 11.3. The Bertz CT molecular complexity index is 1150. The zero-order valence-corrected chi connectivity index (χ0v) is 20.1. The van der Waals surface area contributed by atoms with Crippen LogP contribution in [0.1, 0.15) is 43.5 Å². The van der Waals surface area contributed by atoms with Gasteiger partial charge in [-0.25, -0.2) is 9.67 Å². The van der Waals surface area contributed by atoms with Crippen molar-refractivity contribution in [3.63, 3.8) is 0 Å². The minimum Gasteiger partial charge on any atom is -0.489 e. The van der Waals surface area contributed by atoms with Crippen LogP contribution in [0.15, 0.2) is 12.1 Å². The van der Waals surface area contributed by atoms with Gasteiger partial charge in [-0.1, -0.05) is 15.4 Å². The first-order valence-corrected chi connectivity index (χ1v) is 11.6. The highest BCUT2D eigenvalue weighted by molar-refractivity contribution is 5.70. The van der Waals surface area contributed by atoms with Crippen LogP contribution in [-0.4, -0.2) is 77.7 Å². The third-order valence-corrected chi connectivity index (χ3v) is 5.94. The van der Waals surface area contributed by atoms with Gasteiger partial charge in [0.15, 0.2) is 0 Å². The molecule has 2 atom stereocenters. The van der Waals surface area contributed by atoms with Gasteiger partial charge < -0.3 is 19.3 Å². The third-order valence-electron chi connectivity index (χ3n) is 5.94. The molecule has 0 aromatic carbocycles. The van der Waals surface area contributed by atoms with Crippen LogP contribution in [0, 0.1) is 12.8 Å². The van der Waals surface area contributed by atoms with Crippen LogP contribution in [0.25, 0.3) is 11.4 Å². The standard InChI is InChI=1S/C22H30N8O5/c1-14-19(35-16-7-4-6-15(12-16)21(31)32)9-8-17(23-14)20-18(29(2)27-24-20)13-30-26-22(25-28-30)34-11-5-10-33-3/h8-9,15-16H,4-7,10-13H2,1-3H3,(H,31,32)/t15-,16-/m0/s1. The Morgan fingerprint density at radius 1 is 1.20 bits per heavy atom. The number of carboxylic acids is 1. The van der Waals surface area contributed by atoms with E-state index in [1.54, 1.807) is 18.8 Å². The van der Waals surface area contributed by atoms with Gasteiger partial charge in [0.2, 0.25) is 0 Å². The highest BCUT2D eigenvalue weighted by Gasteiger charge is 2.28. The molecule has 1 fully saturated rings. The fourth-order valence-electron chi connectivity index (χ4n) is 4.07. The van der Waals surface area contributed by atoms with E-state index < -0.39 is 5.97 Å². The molecular weight excluding hydrogens is 456 g/mol. The normalized spacial score (nSPS) is 17.9. The molecule has 0 radical (unpaired) electrons. The van der Waals surface area contributed by atoms with Crippen molar-refractivity contribution in [2.45, 2.75) is 51.7 Å². The van der Waals surface area contributed by atoms with E-state index in [1.165, 1.54) is 4.80 Å². The van der Waals surface area contributed by atoms with E-state index in [4.69, 9.17) is 14.2 Å². The molecule has 1 aliphatic carbocycles. The first kappa shape index (κ1) is 24.5. The van der Waals surface area contributed by atoms with E-state index in [9.17, 15) is 9.90 Å². The number of rotatable bonds is 11.